The lowest BCUT2D eigenvalue weighted by Gasteiger charge is -2.03. The molecule has 0 radical (unpaired) electrons. The van der Waals surface area contributed by atoms with Gasteiger partial charge >= 0.3 is 0 Å². The molecule has 0 aliphatic heterocycles. The Hall–Kier alpha value is -1.49. The van der Waals surface area contributed by atoms with Gasteiger partial charge in [0.05, 0.1) is 5.92 Å². The minimum atomic E-state index is 0.253. The van der Waals surface area contributed by atoms with Gasteiger partial charge in [-0.3, -0.25) is 0 Å². The molecule has 62 valence electrons. The standard InChI is InChI=1S/C10H11NO/c1-8(7-11-2)9-3-5-10(12)6-4-9/h3-6,8,12H,7H2,1H3. The first-order chi connectivity index (χ1) is 5.74. The van der Waals surface area contributed by atoms with Crippen LogP contribution in [0.15, 0.2) is 24.3 Å². The minimum absolute atomic E-state index is 0.253. The van der Waals surface area contributed by atoms with Gasteiger partial charge in [-0.2, -0.15) is 0 Å². The lowest BCUT2D eigenvalue weighted by molar-refractivity contribution is 0.475. The van der Waals surface area contributed by atoms with Crippen molar-refractivity contribution in [3.05, 3.63) is 41.2 Å². The van der Waals surface area contributed by atoms with Crippen molar-refractivity contribution >= 4 is 0 Å². The van der Waals surface area contributed by atoms with E-state index in [9.17, 15) is 0 Å². The maximum atomic E-state index is 9.01. The molecule has 0 aliphatic rings. The average Bonchev–Trinajstić information content (AvgIpc) is 2.06. The molecule has 1 aromatic rings. The predicted octanol–water partition coefficient (Wildman–Crippen LogP) is 2.41. The van der Waals surface area contributed by atoms with Crippen molar-refractivity contribution in [1.82, 2.24) is 0 Å². The fourth-order valence-electron chi connectivity index (χ4n) is 1.05. The zero-order valence-electron chi connectivity index (χ0n) is 6.99. The molecule has 1 aromatic carbocycles. The lowest BCUT2D eigenvalue weighted by Crippen LogP contribution is -1.94. The summed E-state index contributed by atoms with van der Waals surface area (Å²) in [6.45, 7) is 9.21. The van der Waals surface area contributed by atoms with E-state index in [1.165, 1.54) is 0 Å². The van der Waals surface area contributed by atoms with Crippen molar-refractivity contribution in [2.75, 3.05) is 6.54 Å². The van der Waals surface area contributed by atoms with Crippen LogP contribution in [-0.4, -0.2) is 11.7 Å². The maximum absolute atomic E-state index is 9.01. The Kier molecular flexibility index (Phi) is 2.71. The summed E-state index contributed by atoms with van der Waals surface area (Å²) >= 11 is 0. The van der Waals surface area contributed by atoms with Gasteiger partial charge in [0.15, 0.2) is 0 Å². The molecule has 0 saturated carbocycles. The molecule has 1 rings (SSSR count). The van der Waals surface area contributed by atoms with Crippen LogP contribution in [0.25, 0.3) is 4.85 Å². The van der Waals surface area contributed by atoms with E-state index < -0.39 is 0 Å². The second-order valence-corrected chi connectivity index (χ2v) is 2.83. The molecule has 0 amide bonds. The fraction of sp³-hybridized carbons (Fsp3) is 0.300. The van der Waals surface area contributed by atoms with Crippen molar-refractivity contribution in [1.29, 1.82) is 0 Å². The largest absolute Gasteiger partial charge is 0.508 e. The molecule has 0 spiro atoms. The van der Waals surface area contributed by atoms with E-state index in [0.29, 0.717) is 6.54 Å². The van der Waals surface area contributed by atoms with Gasteiger partial charge in [0.1, 0.15) is 5.75 Å². The van der Waals surface area contributed by atoms with E-state index >= 15 is 0 Å². The van der Waals surface area contributed by atoms with Crippen LogP contribution in [0.2, 0.25) is 0 Å². The molecule has 0 bridgehead atoms. The quantitative estimate of drug-likeness (QED) is 0.662. The molecule has 12 heavy (non-hydrogen) atoms. The monoisotopic (exact) mass is 161 g/mol. The molecule has 0 aromatic heterocycles. The minimum Gasteiger partial charge on any atom is -0.508 e. The third-order valence-corrected chi connectivity index (χ3v) is 1.83. The summed E-state index contributed by atoms with van der Waals surface area (Å²) in [5, 5.41) is 9.01. The maximum Gasteiger partial charge on any atom is 0.221 e. The number of nitrogens with zero attached hydrogens (tertiary/aromatic N) is 1. The highest BCUT2D eigenvalue weighted by molar-refractivity contribution is 5.28. The molecule has 0 aliphatic carbocycles. The molecular formula is C10H11NO. The molecule has 0 saturated heterocycles. The fourth-order valence-corrected chi connectivity index (χ4v) is 1.05. The third-order valence-electron chi connectivity index (χ3n) is 1.83. The van der Waals surface area contributed by atoms with Crippen molar-refractivity contribution < 1.29 is 5.11 Å². The summed E-state index contributed by atoms with van der Waals surface area (Å²) in [5.41, 5.74) is 1.10. The second kappa shape index (κ2) is 3.77. The second-order valence-electron chi connectivity index (χ2n) is 2.83. The zero-order chi connectivity index (χ0) is 8.97. The van der Waals surface area contributed by atoms with Gasteiger partial charge in [-0.05, 0) is 17.7 Å². The molecule has 0 fully saturated rings. The average molecular weight is 161 g/mol. The van der Waals surface area contributed by atoms with Crippen molar-refractivity contribution in [3.8, 4) is 5.75 Å². The first-order valence-corrected chi connectivity index (χ1v) is 3.86. The summed E-state index contributed by atoms with van der Waals surface area (Å²) in [7, 11) is 0. The highest BCUT2D eigenvalue weighted by atomic mass is 16.3. The summed E-state index contributed by atoms with van der Waals surface area (Å²) in [6.07, 6.45) is 0. The van der Waals surface area contributed by atoms with Gasteiger partial charge in [0, 0.05) is 0 Å². The van der Waals surface area contributed by atoms with Crippen LogP contribution in [-0.2, 0) is 0 Å². The first-order valence-electron chi connectivity index (χ1n) is 3.86. The number of benzene rings is 1. The van der Waals surface area contributed by atoms with E-state index in [0.717, 1.165) is 5.56 Å². The summed E-state index contributed by atoms with van der Waals surface area (Å²) < 4.78 is 0. The van der Waals surface area contributed by atoms with Crippen LogP contribution in [0.4, 0.5) is 0 Å². The smallest absolute Gasteiger partial charge is 0.221 e. The van der Waals surface area contributed by atoms with E-state index in [4.69, 9.17) is 11.7 Å². The van der Waals surface area contributed by atoms with Crippen LogP contribution in [0, 0.1) is 6.57 Å². The molecular weight excluding hydrogens is 150 g/mol. The Bertz CT molecular complexity index is 284. The molecule has 2 heteroatoms. The van der Waals surface area contributed by atoms with Crippen molar-refractivity contribution in [3.63, 3.8) is 0 Å². The first kappa shape index (κ1) is 8.61. The van der Waals surface area contributed by atoms with Gasteiger partial charge in [0.25, 0.3) is 0 Å². The summed E-state index contributed by atoms with van der Waals surface area (Å²) in [6, 6.07) is 7.00. The van der Waals surface area contributed by atoms with Gasteiger partial charge in [-0.15, -0.1) is 0 Å². The molecule has 1 atom stereocenters. The zero-order valence-corrected chi connectivity index (χ0v) is 6.99. The molecule has 1 N–H and O–H groups in total. The van der Waals surface area contributed by atoms with Crippen LogP contribution < -0.4 is 0 Å². The molecule has 1 unspecified atom stereocenters. The van der Waals surface area contributed by atoms with Crippen LogP contribution >= 0.6 is 0 Å². The number of hydrogen-bond donors (Lipinski definition) is 1. The number of rotatable bonds is 2. The molecule has 2 nitrogen and oxygen atoms in total. The summed E-state index contributed by atoms with van der Waals surface area (Å²) in [4.78, 5) is 3.32. The van der Waals surface area contributed by atoms with E-state index in [1.54, 1.807) is 12.1 Å². The molecule has 0 heterocycles. The van der Waals surface area contributed by atoms with E-state index in [2.05, 4.69) is 4.85 Å². The van der Waals surface area contributed by atoms with Gasteiger partial charge in [0.2, 0.25) is 6.54 Å². The normalized spacial score (nSPS) is 12.0. The Morgan fingerprint density at radius 2 is 2.00 bits per heavy atom. The number of phenolic OH excluding ortho intramolecular Hbond substituents is 1. The van der Waals surface area contributed by atoms with Crippen LogP contribution in [0.5, 0.6) is 5.75 Å². The van der Waals surface area contributed by atoms with E-state index in [1.807, 2.05) is 19.1 Å². The highest BCUT2D eigenvalue weighted by Crippen LogP contribution is 2.18. The van der Waals surface area contributed by atoms with Gasteiger partial charge in [-0.1, -0.05) is 19.1 Å². The van der Waals surface area contributed by atoms with Crippen LogP contribution in [0.1, 0.15) is 18.4 Å². The Balaban J connectivity index is 2.76. The predicted molar refractivity (Wildman–Crippen MR) is 48.0 cm³/mol. The highest BCUT2D eigenvalue weighted by Gasteiger charge is 2.06. The van der Waals surface area contributed by atoms with Crippen LogP contribution in [0.3, 0.4) is 0 Å². The lowest BCUT2D eigenvalue weighted by atomic mass is 10.0. The van der Waals surface area contributed by atoms with Crippen molar-refractivity contribution in [2.45, 2.75) is 12.8 Å². The van der Waals surface area contributed by atoms with Crippen molar-refractivity contribution in [2.24, 2.45) is 0 Å². The van der Waals surface area contributed by atoms with Gasteiger partial charge < -0.3 is 9.95 Å². The Morgan fingerprint density at radius 1 is 1.42 bits per heavy atom. The Labute approximate surface area is 72.3 Å². The Morgan fingerprint density at radius 3 is 2.50 bits per heavy atom. The number of aromatic hydroxyl groups is 1. The topological polar surface area (TPSA) is 24.6 Å². The van der Waals surface area contributed by atoms with Gasteiger partial charge in [-0.25, -0.2) is 6.57 Å². The number of phenols is 1. The summed E-state index contributed by atoms with van der Waals surface area (Å²) in [5.74, 6) is 0.525. The van der Waals surface area contributed by atoms with E-state index in [-0.39, 0.29) is 11.7 Å². The number of hydrogen-bond acceptors (Lipinski definition) is 1. The third kappa shape index (κ3) is 2.00. The SMILES string of the molecule is [C-]#[N+]CC(C)c1ccc(O)cc1.